The molecule has 0 atom stereocenters. The Morgan fingerprint density at radius 1 is 1.35 bits per heavy atom. The number of imidazole rings is 1. The number of nitrogens with one attached hydrogen (secondary N) is 1. The van der Waals surface area contributed by atoms with E-state index >= 15 is 0 Å². The quantitative estimate of drug-likeness (QED) is 0.706. The van der Waals surface area contributed by atoms with Crippen LogP contribution in [0.5, 0.6) is 0 Å². The van der Waals surface area contributed by atoms with E-state index in [1.54, 1.807) is 0 Å². The standard InChI is InChI=1S/C17H20N4O2/c1-3-4-5-13-20-15-11-7-6-10(9-14(22)23-2)8-12(11)19-17(18)16(15)21-13/h6-8H,3-5,9H2,1-2H3,(H2,18,19)(H,20,21). The van der Waals surface area contributed by atoms with Gasteiger partial charge in [-0.15, -0.1) is 0 Å². The number of ether oxygens (including phenoxy) is 1. The van der Waals surface area contributed by atoms with Crippen LogP contribution in [0.4, 0.5) is 5.82 Å². The van der Waals surface area contributed by atoms with E-state index in [0.29, 0.717) is 5.82 Å². The number of hydrogen-bond acceptors (Lipinski definition) is 5. The summed E-state index contributed by atoms with van der Waals surface area (Å²) in [6, 6.07) is 5.70. The molecule has 0 saturated heterocycles. The fraction of sp³-hybridized carbons (Fsp3) is 0.353. The molecule has 0 aliphatic rings. The molecule has 1 aromatic carbocycles. The lowest BCUT2D eigenvalue weighted by molar-refractivity contribution is -0.139. The monoisotopic (exact) mass is 312 g/mol. The van der Waals surface area contributed by atoms with E-state index in [1.165, 1.54) is 7.11 Å². The molecule has 0 aliphatic heterocycles. The second kappa shape index (κ2) is 6.24. The molecule has 2 heterocycles. The maximum atomic E-state index is 11.4. The molecule has 6 heteroatoms. The summed E-state index contributed by atoms with van der Waals surface area (Å²) in [5.41, 5.74) is 9.27. The van der Waals surface area contributed by atoms with Gasteiger partial charge >= 0.3 is 5.97 Å². The number of anilines is 1. The number of methoxy groups -OCH3 is 1. The van der Waals surface area contributed by atoms with E-state index in [0.717, 1.165) is 52.6 Å². The minimum Gasteiger partial charge on any atom is -0.469 e. The summed E-state index contributed by atoms with van der Waals surface area (Å²) in [6.07, 6.45) is 3.30. The third-order valence-electron chi connectivity index (χ3n) is 3.91. The molecule has 23 heavy (non-hydrogen) atoms. The molecule has 0 unspecified atom stereocenters. The van der Waals surface area contributed by atoms with Crippen molar-refractivity contribution in [3.63, 3.8) is 0 Å². The summed E-state index contributed by atoms with van der Waals surface area (Å²) in [7, 11) is 1.38. The van der Waals surface area contributed by atoms with Crippen LogP contribution < -0.4 is 5.73 Å². The Morgan fingerprint density at radius 3 is 2.91 bits per heavy atom. The number of aromatic amines is 1. The van der Waals surface area contributed by atoms with Gasteiger partial charge in [0.1, 0.15) is 22.7 Å². The maximum absolute atomic E-state index is 11.4. The van der Waals surface area contributed by atoms with Crippen molar-refractivity contribution in [2.75, 3.05) is 12.8 Å². The third-order valence-corrected chi connectivity index (χ3v) is 3.91. The highest BCUT2D eigenvalue weighted by Gasteiger charge is 2.13. The fourth-order valence-electron chi connectivity index (χ4n) is 2.67. The van der Waals surface area contributed by atoms with Gasteiger partial charge in [-0.25, -0.2) is 9.97 Å². The van der Waals surface area contributed by atoms with E-state index in [1.807, 2.05) is 18.2 Å². The highest BCUT2D eigenvalue weighted by atomic mass is 16.5. The highest BCUT2D eigenvalue weighted by molar-refractivity contribution is 6.06. The first kappa shape index (κ1) is 15.3. The molecular weight excluding hydrogens is 292 g/mol. The Balaban J connectivity index is 2.08. The summed E-state index contributed by atoms with van der Waals surface area (Å²) in [5.74, 6) is 1.08. The van der Waals surface area contributed by atoms with Crippen molar-refractivity contribution in [2.45, 2.75) is 32.6 Å². The molecule has 2 aromatic heterocycles. The van der Waals surface area contributed by atoms with Gasteiger partial charge in [0.05, 0.1) is 19.0 Å². The number of pyridine rings is 1. The van der Waals surface area contributed by atoms with Crippen molar-refractivity contribution in [1.82, 2.24) is 15.0 Å². The SMILES string of the molecule is CCCCc1nc2c([nH]1)c(N)nc1cc(CC(=O)OC)ccc12. The van der Waals surface area contributed by atoms with Gasteiger partial charge in [0, 0.05) is 11.8 Å². The van der Waals surface area contributed by atoms with Gasteiger partial charge in [-0.1, -0.05) is 25.5 Å². The molecule has 3 rings (SSSR count). The Labute approximate surface area is 134 Å². The van der Waals surface area contributed by atoms with Gasteiger partial charge in [-0.2, -0.15) is 0 Å². The van der Waals surface area contributed by atoms with Crippen LogP contribution in [-0.4, -0.2) is 28.0 Å². The van der Waals surface area contributed by atoms with E-state index in [9.17, 15) is 4.79 Å². The molecular formula is C17H20N4O2. The summed E-state index contributed by atoms with van der Waals surface area (Å²) in [4.78, 5) is 23.8. The van der Waals surface area contributed by atoms with Crippen LogP contribution in [0.15, 0.2) is 18.2 Å². The number of aromatic nitrogens is 3. The van der Waals surface area contributed by atoms with Crippen LogP contribution in [0, 0.1) is 0 Å². The number of esters is 1. The van der Waals surface area contributed by atoms with Crippen LogP contribution >= 0.6 is 0 Å². The minimum absolute atomic E-state index is 0.217. The van der Waals surface area contributed by atoms with Crippen LogP contribution in [0.2, 0.25) is 0 Å². The molecule has 120 valence electrons. The van der Waals surface area contributed by atoms with Gasteiger partial charge in [-0.05, 0) is 18.1 Å². The predicted octanol–water partition coefficient (Wildman–Crippen LogP) is 2.75. The van der Waals surface area contributed by atoms with Crippen molar-refractivity contribution < 1.29 is 9.53 Å². The van der Waals surface area contributed by atoms with E-state index in [2.05, 4.69) is 21.9 Å². The number of fused-ring (bicyclic) bond motifs is 3. The molecule has 3 N–H and O–H groups in total. The number of carbonyl (C=O) groups excluding carboxylic acids is 1. The molecule has 0 saturated carbocycles. The molecule has 0 spiro atoms. The first-order valence-electron chi connectivity index (χ1n) is 7.76. The Bertz CT molecular complexity index is 870. The highest BCUT2D eigenvalue weighted by Crippen LogP contribution is 2.27. The zero-order chi connectivity index (χ0) is 16.4. The molecule has 0 bridgehead atoms. The number of nitrogen functional groups attached to an aromatic ring is 1. The van der Waals surface area contributed by atoms with Crippen LogP contribution in [0.3, 0.4) is 0 Å². The first-order chi connectivity index (χ1) is 11.1. The van der Waals surface area contributed by atoms with Crippen molar-refractivity contribution in [3.8, 4) is 0 Å². The van der Waals surface area contributed by atoms with Crippen molar-refractivity contribution in [2.24, 2.45) is 0 Å². The summed E-state index contributed by atoms with van der Waals surface area (Å²) in [5, 5.41) is 0.932. The molecule has 0 radical (unpaired) electrons. The smallest absolute Gasteiger partial charge is 0.309 e. The lowest BCUT2D eigenvalue weighted by Gasteiger charge is -2.04. The topological polar surface area (TPSA) is 93.9 Å². The number of hydrogen-bond donors (Lipinski definition) is 2. The van der Waals surface area contributed by atoms with Crippen LogP contribution in [-0.2, 0) is 22.4 Å². The van der Waals surface area contributed by atoms with E-state index in [-0.39, 0.29) is 12.4 Å². The normalized spacial score (nSPS) is 11.2. The van der Waals surface area contributed by atoms with Gasteiger partial charge in [0.25, 0.3) is 0 Å². The Morgan fingerprint density at radius 2 is 2.17 bits per heavy atom. The zero-order valence-corrected chi connectivity index (χ0v) is 13.3. The average molecular weight is 312 g/mol. The zero-order valence-electron chi connectivity index (χ0n) is 13.3. The third kappa shape index (κ3) is 2.97. The summed E-state index contributed by atoms with van der Waals surface area (Å²) < 4.78 is 4.70. The number of rotatable bonds is 5. The average Bonchev–Trinajstić information content (AvgIpc) is 2.97. The van der Waals surface area contributed by atoms with Gasteiger partial charge < -0.3 is 15.5 Å². The number of carbonyl (C=O) groups is 1. The first-order valence-corrected chi connectivity index (χ1v) is 7.76. The number of H-pyrrole nitrogens is 1. The second-order valence-electron chi connectivity index (χ2n) is 5.61. The Kier molecular flexibility index (Phi) is 4.14. The largest absolute Gasteiger partial charge is 0.469 e. The van der Waals surface area contributed by atoms with Gasteiger partial charge in [0.15, 0.2) is 0 Å². The molecule has 0 fully saturated rings. The number of aryl methyl sites for hydroxylation is 1. The summed E-state index contributed by atoms with van der Waals surface area (Å²) >= 11 is 0. The van der Waals surface area contributed by atoms with Crippen molar-refractivity contribution >= 4 is 33.7 Å². The molecule has 6 nitrogen and oxygen atoms in total. The lowest BCUT2D eigenvalue weighted by Crippen LogP contribution is -2.04. The predicted molar refractivity (Wildman–Crippen MR) is 90.1 cm³/mol. The minimum atomic E-state index is -0.278. The second-order valence-corrected chi connectivity index (χ2v) is 5.61. The molecule has 3 aromatic rings. The summed E-state index contributed by atoms with van der Waals surface area (Å²) in [6.45, 7) is 2.15. The van der Waals surface area contributed by atoms with Crippen molar-refractivity contribution in [1.29, 1.82) is 0 Å². The van der Waals surface area contributed by atoms with Crippen LogP contribution in [0.25, 0.3) is 21.9 Å². The number of nitrogens with zero attached hydrogens (tertiary/aromatic N) is 2. The van der Waals surface area contributed by atoms with Gasteiger partial charge in [0.2, 0.25) is 0 Å². The van der Waals surface area contributed by atoms with Crippen LogP contribution in [0.1, 0.15) is 31.2 Å². The van der Waals surface area contributed by atoms with E-state index in [4.69, 9.17) is 10.5 Å². The number of unbranched alkanes of at least 4 members (excludes halogenated alkanes) is 1. The number of nitrogens with two attached hydrogens (primary N) is 1. The fourth-order valence-corrected chi connectivity index (χ4v) is 2.67. The molecule has 0 amide bonds. The molecule has 0 aliphatic carbocycles. The van der Waals surface area contributed by atoms with E-state index < -0.39 is 0 Å². The Hall–Kier alpha value is -2.63. The maximum Gasteiger partial charge on any atom is 0.309 e. The van der Waals surface area contributed by atoms with Gasteiger partial charge in [-0.3, -0.25) is 4.79 Å². The van der Waals surface area contributed by atoms with Crippen molar-refractivity contribution in [3.05, 3.63) is 29.6 Å². The number of benzene rings is 1. The lowest BCUT2D eigenvalue weighted by atomic mass is 10.1.